The Morgan fingerprint density at radius 2 is 2.22 bits per heavy atom. The number of para-hydroxylation sites is 1. The summed E-state index contributed by atoms with van der Waals surface area (Å²) in [6.07, 6.45) is 2.66. The van der Waals surface area contributed by atoms with Crippen LogP contribution in [0, 0.1) is 11.7 Å². The number of hydrogen-bond donors (Lipinski definition) is 3. The molecule has 2 rings (SSSR count). The molecule has 18 heavy (non-hydrogen) atoms. The third kappa shape index (κ3) is 2.46. The van der Waals surface area contributed by atoms with E-state index in [1.165, 1.54) is 18.2 Å². The number of aliphatic hydroxyl groups excluding tert-OH is 1. The van der Waals surface area contributed by atoms with Crippen molar-refractivity contribution < 1.29 is 19.4 Å². The van der Waals surface area contributed by atoms with Crippen molar-refractivity contribution in [3.63, 3.8) is 0 Å². The minimum Gasteiger partial charge on any atom is -0.478 e. The van der Waals surface area contributed by atoms with Crippen molar-refractivity contribution in [1.29, 1.82) is 0 Å². The third-order valence-electron chi connectivity index (χ3n) is 3.47. The quantitative estimate of drug-likeness (QED) is 0.768. The predicted octanol–water partition coefficient (Wildman–Crippen LogP) is 2.10. The van der Waals surface area contributed by atoms with Gasteiger partial charge in [0.25, 0.3) is 0 Å². The Bertz CT molecular complexity index is 450. The molecule has 1 aliphatic rings. The fourth-order valence-corrected chi connectivity index (χ4v) is 2.48. The SMILES string of the molecule is O=C(O)c1cccc(F)c1NC1CCCC1CO. The van der Waals surface area contributed by atoms with Gasteiger partial charge in [0.1, 0.15) is 5.82 Å². The summed E-state index contributed by atoms with van der Waals surface area (Å²) in [7, 11) is 0. The van der Waals surface area contributed by atoms with E-state index in [-0.39, 0.29) is 29.8 Å². The van der Waals surface area contributed by atoms with Crippen LogP contribution in [0.2, 0.25) is 0 Å². The first-order valence-electron chi connectivity index (χ1n) is 6.02. The summed E-state index contributed by atoms with van der Waals surface area (Å²) in [5.41, 5.74) is -0.0473. The Kier molecular flexibility index (Phi) is 3.81. The maximum Gasteiger partial charge on any atom is 0.337 e. The van der Waals surface area contributed by atoms with Crippen molar-refractivity contribution in [1.82, 2.24) is 0 Å². The summed E-state index contributed by atoms with van der Waals surface area (Å²) in [6, 6.07) is 3.92. The highest BCUT2D eigenvalue weighted by Gasteiger charge is 2.28. The molecule has 2 atom stereocenters. The lowest BCUT2D eigenvalue weighted by Gasteiger charge is -2.21. The van der Waals surface area contributed by atoms with E-state index in [1.54, 1.807) is 0 Å². The fourth-order valence-electron chi connectivity index (χ4n) is 2.48. The van der Waals surface area contributed by atoms with Gasteiger partial charge in [-0.15, -0.1) is 0 Å². The molecule has 1 aliphatic carbocycles. The van der Waals surface area contributed by atoms with Gasteiger partial charge in [-0.3, -0.25) is 0 Å². The van der Waals surface area contributed by atoms with E-state index in [1.807, 2.05) is 0 Å². The average molecular weight is 253 g/mol. The molecule has 1 aromatic carbocycles. The number of anilines is 1. The van der Waals surface area contributed by atoms with E-state index >= 15 is 0 Å². The van der Waals surface area contributed by atoms with Crippen LogP contribution in [0.4, 0.5) is 10.1 Å². The van der Waals surface area contributed by atoms with E-state index in [9.17, 15) is 14.3 Å². The third-order valence-corrected chi connectivity index (χ3v) is 3.47. The largest absolute Gasteiger partial charge is 0.478 e. The van der Waals surface area contributed by atoms with E-state index in [4.69, 9.17) is 5.11 Å². The summed E-state index contributed by atoms with van der Waals surface area (Å²) in [6.45, 7) is 0.0362. The summed E-state index contributed by atoms with van der Waals surface area (Å²) < 4.78 is 13.7. The lowest BCUT2D eigenvalue weighted by atomic mass is 10.0. The molecule has 98 valence electrons. The van der Waals surface area contributed by atoms with Gasteiger partial charge < -0.3 is 15.5 Å². The first-order chi connectivity index (χ1) is 8.63. The molecule has 1 fully saturated rings. The van der Waals surface area contributed by atoms with Gasteiger partial charge in [-0.2, -0.15) is 0 Å². The molecule has 0 bridgehead atoms. The minimum absolute atomic E-state index is 0.0235. The maximum atomic E-state index is 13.7. The fraction of sp³-hybridized carbons (Fsp3) is 0.462. The monoisotopic (exact) mass is 253 g/mol. The number of carboxylic acids is 1. The summed E-state index contributed by atoms with van der Waals surface area (Å²) in [4.78, 5) is 11.0. The van der Waals surface area contributed by atoms with Gasteiger partial charge in [0.05, 0.1) is 11.3 Å². The number of aromatic carboxylic acids is 1. The van der Waals surface area contributed by atoms with Crippen LogP contribution in [0.5, 0.6) is 0 Å². The molecule has 1 saturated carbocycles. The van der Waals surface area contributed by atoms with Crippen LogP contribution < -0.4 is 5.32 Å². The molecule has 5 heteroatoms. The average Bonchev–Trinajstić information content (AvgIpc) is 2.78. The molecule has 0 radical (unpaired) electrons. The van der Waals surface area contributed by atoms with Gasteiger partial charge in [0.15, 0.2) is 0 Å². The number of nitrogens with one attached hydrogen (secondary N) is 1. The van der Waals surface area contributed by atoms with Crippen molar-refractivity contribution in [2.45, 2.75) is 25.3 Å². The zero-order chi connectivity index (χ0) is 13.1. The van der Waals surface area contributed by atoms with Crippen molar-refractivity contribution in [3.05, 3.63) is 29.6 Å². The van der Waals surface area contributed by atoms with E-state index < -0.39 is 11.8 Å². The number of rotatable bonds is 4. The van der Waals surface area contributed by atoms with Gasteiger partial charge in [0, 0.05) is 18.6 Å². The Hall–Kier alpha value is -1.62. The van der Waals surface area contributed by atoms with E-state index in [0.717, 1.165) is 19.3 Å². The molecule has 1 aromatic rings. The highest BCUT2D eigenvalue weighted by molar-refractivity contribution is 5.94. The highest BCUT2D eigenvalue weighted by Crippen LogP contribution is 2.30. The Labute approximate surface area is 104 Å². The zero-order valence-electron chi connectivity index (χ0n) is 9.90. The lowest BCUT2D eigenvalue weighted by Crippen LogP contribution is -2.27. The summed E-state index contributed by atoms with van der Waals surface area (Å²) >= 11 is 0. The number of hydrogen-bond acceptors (Lipinski definition) is 3. The standard InChI is InChI=1S/C13H16FNO3/c14-10-5-2-4-9(13(17)18)12(10)15-11-6-1-3-8(11)7-16/h2,4-5,8,11,15-16H,1,3,6-7H2,(H,17,18). The molecule has 4 nitrogen and oxygen atoms in total. The second kappa shape index (κ2) is 5.35. The van der Waals surface area contributed by atoms with Gasteiger partial charge in [-0.1, -0.05) is 12.5 Å². The predicted molar refractivity (Wildman–Crippen MR) is 65.2 cm³/mol. The first-order valence-corrected chi connectivity index (χ1v) is 6.02. The number of benzene rings is 1. The number of halogens is 1. The molecule has 0 aliphatic heterocycles. The van der Waals surface area contributed by atoms with Crippen molar-refractivity contribution >= 4 is 11.7 Å². The first kappa shape index (κ1) is 12.8. The van der Waals surface area contributed by atoms with Gasteiger partial charge in [0.2, 0.25) is 0 Å². The topological polar surface area (TPSA) is 69.6 Å². The van der Waals surface area contributed by atoms with Crippen LogP contribution in [0.25, 0.3) is 0 Å². The summed E-state index contributed by atoms with van der Waals surface area (Å²) in [5, 5.41) is 21.2. The molecular formula is C13H16FNO3. The van der Waals surface area contributed by atoms with Crippen molar-refractivity contribution in [2.24, 2.45) is 5.92 Å². The van der Waals surface area contributed by atoms with Crippen LogP contribution in [-0.2, 0) is 0 Å². The second-order valence-electron chi connectivity index (χ2n) is 4.59. The lowest BCUT2D eigenvalue weighted by molar-refractivity contribution is 0.0697. The maximum absolute atomic E-state index is 13.7. The highest BCUT2D eigenvalue weighted by atomic mass is 19.1. The van der Waals surface area contributed by atoms with Crippen LogP contribution in [0.3, 0.4) is 0 Å². The minimum atomic E-state index is -1.16. The smallest absolute Gasteiger partial charge is 0.337 e. The number of carboxylic acid groups (broad SMARTS) is 1. The number of carbonyl (C=O) groups is 1. The van der Waals surface area contributed by atoms with Gasteiger partial charge in [-0.05, 0) is 25.0 Å². The Morgan fingerprint density at radius 3 is 2.89 bits per heavy atom. The molecule has 0 saturated heterocycles. The Balaban J connectivity index is 2.25. The molecule has 3 N–H and O–H groups in total. The number of aliphatic hydroxyl groups is 1. The second-order valence-corrected chi connectivity index (χ2v) is 4.59. The van der Waals surface area contributed by atoms with Crippen molar-refractivity contribution in [2.75, 3.05) is 11.9 Å². The molecule has 0 aromatic heterocycles. The van der Waals surface area contributed by atoms with E-state index in [2.05, 4.69) is 5.32 Å². The van der Waals surface area contributed by atoms with Crippen LogP contribution in [0.1, 0.15) is 29.6 Å². The summed E-state index contributed by atoms with van der Waals surface area (Å²) in [5.74, 6) is -1.67. The molecule has 0 heterocycles. The van der Waals surface area contributed by atoms with Crippen LogP contribution in [-0.4, -0.2) is 28.8 Å². The molecule has 0 spiro atoms. The Morgan fingerprint density at radius 1 is 1.44 bits per heavy atom. The zero-order valence-corrected chi connectivity index (χ0v) is 9.90. The van der Waals surface area contributed by atoms with Gasteiger partial charge >= 0.3 is 5.97 Å². The van der Waals surface area contributed by atoms with Crippen molar-refractivity contribution in [3.8, 4) is 0 Å². The van der Waals surface area contributed by atoms with Crippen LogP contribution in [0.15, 0.2) is 18.2 Å². The molecule has 2 unspecified atom stereocenters. The molecule has 0 amide bonds. The van der Waals surface area contributed by atoms with Gasteiger partial charge in [-0.25, -0.2) is 9.18 Å². The van der Waals surface area contributed by atoms with E-state index in [0.29, 0.717) is 0 Å². The van der Waals surface area contributed by atoms with Crippen LogP contribution >= 0.6 is 0 Å². The molecular weight excluding hydrogens is 237 g/mol. The normalized spacial score (nSPS) is 23.0.